The van der Waals surface area contributed by atoms with Crippen molar-refractivity contribution in [2.75, 3.05) is 18.5 Å². The van der Waals surface area contributed by atoms with E-state index in [9.17, 15) is 4.79 Å². The van der Waals surface area contributed by atoms with Gasteiger partial charge in [0.1, 0.15) is 0 Å². The van der Waals surface area contributed by atoms with E-state index in [1.807, 2.05) is 6.92 Å². The topological polar surface area (TPSA) is 67.2 Å². The molecule has 0 aromatic carbocycles. The Kier molecular flexibility index (Phi) is 5.85. The molecule has 1 aromatic heterocycles. The third-order valence-corrected chi connectivity index (χ3v) is 2.72. The molecule has 0 aliphatic rings. The van der Waals surface area contributed by atoms with Crippen molar-refractivity contribution in [1.82, 2.24) is 9.55 Å². The lowest BCUT2D eigenvalue weighted by molar-refractivity contribution is 0.266. The summed E-state index contributed by atoms with van der Waals surface area (Å²) in [6, 6.07) is 0. The predicted octanol–water partition coefficient (Wildman–Crippen LogP) is 1.33. The Morgan fingerprint density at radius 1 is 1.44 bits per heavy atom. The summed E-state index contributed by atoms with van der Waals surface area (Å²) >= 11 is 0. The quantitative estimate of drug-likeness (QED) is 0.769. The molecule has 1 aromatic rings. The van der Waals surface area contributed by atoms with E-state index in [-0.39, 0.29) is 12.2 Å². The van der Waals surface area contributed by atoms with Crippen LogP contribution in [-0.4, -0.2) is 27.8 Å². The average molecular weight is 253 g/mol. The van der Waals surface area contributed by atoms with Gasteiger partial charge >= 0.3 is 0 Å². The number of aliphatic hydroxyl groups is 1. The Hall–Kier alpha value is -1.36. The van der Waals surface area contributed by atoms with Gasteiger partial charge in [0.25, 0.3) is 5.56 Å². The van der Waals surface area contributed by atoms with Crippen LogP contribution in [0.15, 0.2) is 17.2 Å². The fourth-order valence-electron chi connectivity index (χ4n) is 1.70. The summed E-state index contributed by atoms with van der Waals surface area (Å²) in [5.41, 5.74) is -0.0811. The summed E-state index contributed by atoms with van der Waals surface area (Å²) in [5, 5.41) is 11.9. The first-order valence-corrected chi connectivity index (χ1v) is 6.44. The van der Waals surface area contributed by atoms with Crippen LogP contribution in [0.25, 0.3) is 0 Å². The molecule has 0 fully saturated rings. The molecule has 0 aliphatic heterocycles. The Labute approximate surface area is 108 Å². The van der Waals surface area contributed by atoms with Crippen LogP contribution in [0.5, 0.6) is 0 Å². The van der Waals surface area contributed by atoms with Crippen molar-refractivity contribution in [2.45, 2.75) is 33.7 Å². The molecular formula is C13H23N3O2. The Bertz CT molecular complexity index is 415. The van der Waals surface area contributed by atoms with Crippen molar-refractivity contribution in [3.63, 3.8) is 0 Å². The van der Waals surface area contributed by atoms with Gasteiger partial charge in [0.15, 0.2) is 5.82 Å². The lowest BCUT2D eigenvalue weighted by Gasteiger charge is -2.13. The number of nitrogens with one attached hydrogen (secondary N) is 1. The molecule has 0 saturated heterocycles. The minimum Gasteiger partial charge on any atom is -0.396 e. The maximum absolute atomic E-state index is 12.1. The second kappa shape index (κ2) is 7.16. The van der Waals surface area contributed by atoms with Gasteiger partial charge in [0, 0.05) is 32.1 Å². The van der Waals surface area contributed by atoms with Crippen LogP contribution in [0.3, 0.4) is 0 Å². The lowest BCUT2D eigenvalue weighted by atomic mass is 10.1. The Morgan fingerprint density at radius 2 is 2.17 bits per heavy atom. The number of nitrogens with zero attached hydrogens (tertiary/aromatic N) is 2. The van der Waals surface area contributed by atoms with Crippen LogP contribution in [-0.2, 0) is 6.54 Å². The normalized spacial score (nSPS) is 12.7. The van der Waals surface area contributed by atoms with E-state index in [0.29, 0.717) is 30.7 Å². The maximum atomic E-state index is 12.1. The summed E-state index contributed by atoms with van der Waals surface area (Å²) < 4.78 is 1.68. The van der Waals surface area contributed by atoms with Crippen molar-refractivity contribution in [2.24, 2.45) is 11.8 Å². The molecule has 1 atom stereocenters. The van der Waals surface area contributed by atoms with Crippen LogP contribution in [0.1, 0.15) is 27.2 Å². The molecule has 0 aliphatic carbocycles. The first-order valence-electron chi connectivity index (χ1n) is 6.44. The fourth-order valence-corrected chi connectivity index (χ4v) is 1.70. The number of anilines is 1. The van der Waals surface area contributed by atoms with E-state index in [1.165, 1.54) is 0 Å². The van der Waals surface area contributed by atoms with E-state index < -0.39 is 0 Å². The van der Waals surface area contributed by atoms with Gasteiger partial charge in [0.2, 0.25) is 0 Å². The molecule has 0 radical (unpaired) electrons. The third-order valence-electron chi connectivity index (χ3n) is 2.72. The number of aliphatic hydroxyl groups excluding tert-OH is 1. The van der Waals surface area contributed by atoms with Gasteiger partial charge in [-0.2, -0.15) is 0 Å². The van der Waals surface area contributed by atoms with E-state index in [4.69, 9.17) is 5.11 Å². The van der Waals surface area contributed by atoms with Crippen molar-refractivity contribution < 1.29 is 5.11 Å². The van der Waals surface area contributed by atoms with Gasteiger partial charge in [-0.1, -0.05) is 20.8 Å². The van der Waals surface area contributed by atoms with Crippen LogP contribution in [0.4, 0.5) is 5.82 Å². The van der Waals surface area contributed by atoms with E-state index in [0.717, 1.165) is 6.42 Å². The molecule has 2 N–H and O–H groups in total. The number of aromatic nitrogens is 2. The third kappa shape index (κ3) is 4.49. The van der Waals surface area contributed by atoms with Gasteiger partial charge in [-0.15, -0.1) is 0 Å². The first-order chi connectivity index (χ1) is 8.54. The monoisotopic (exact) mass is 253 g/mol. The van der Waals surface area contributed by atoms with Crippen molar-refractivity contribution in [3.8, 4) is 0 Å². The molecule has 1 heterocycles. The van der Waals surface area contributed by atoms with Crippen LogP contribution >= 0.6 is 0 Å². The highest BCUT2D eigenvalue weighted by Gasteiger charge is 2.07. The SMILES string of the molecule is CC(C)Cn1ccnc(NCC(C)CCO)c1=O. The van der Waals surface area contributed by atoms with Gasteiger partial charge < -0.3 is 15.0 Å². The Balaban J connectivity index is 2.69. The summed E-state index contributed by atoms with van der Waals surface area (Å²) in [5.74, 6) is 1.13. The van der Waals surface area contributed by atoms with Crippen LogP contribution in [0, 0.1) is 11.8 Å². The molecule has 5 heteroatoms. The standard InChI is InChI=1S/C13H23N3O2/c1-10(2)9-16-6-5-14-12(13(16)18)15-8-11(3)4-7-17/h5-6,10-11,17H,4,7-9H2,1-3H3,(H,14,15). The molecule has 0 saturated carbocycles. The molecule has 1 rings (SSSR count). The van der Waals surface area contributed by atoms with E-state index in [2.05, 4.69) is 24.1 Å². The molecule has 18 heavy (non-hydrogen) atoms. The minimum atomic E-state index is -0.0811. The molecule has 1 unspecified atom stereocenters. The summed E-state index contributed by atoms with van der Waals surface area (Å²) in [6.45, 7) is 7.69. The fraction of sp³-hybridized carbons (Fsp3) is 0.692. The zero-order chi connectivity index (χ0) is 13.5. The summed E-state index contributed by atoms with van der Waals surface area (Å²) in [6.07, 6.45) is 4.08. The average Bonchev–Trinajstić information content (AvgIpc) is 2.30. The zero-order valence-electron chi connectivity index (χ0n) is 11.4. The molecule has 0 spiro atoms. The number of rotatable bonds is 7. The second-order valence-electron chi connectivity index (χ2n) is 5.13. The molecule has 0 amide bonds. The maximum Gasteiger partial charge on any atom is 0.293 e. The van der Waals surface area contributed by atoms with Crippen molar-refractivity contribution in [3.05, 3.63) is 22.7 Å². The highest BCUT2D eigenvalue weighted by Crippen LogP contribution is 2.03. The largest absolute Gasteiger partial charge is 0.396 e. The molecule has 102 valence electrons. The number of hydrogen-bond donors (Lipinski definition) is 2. The van der Waals surface area contributed by atoms with Crippen molar-refractivity contribution in [1.29, 1.82) is 0 Å². The molecule has 0 bridgehead atoms. The van der Waals surface area contributed by atoms with Gasteiger partial charge in [-0.05, 0) is 18.3 Å². The summed E-state index contributed by atoms with van der Waals surface area (Å²) in [7, 11) is 0. The molecule has 5 nitrogen and oxygen atoms in total. The van der Waals surface area contributed by atoms with Crippen molar-refractivity contribution >= 4 is 5.82 Å². The van der Waals surface area contributed by atoms with Gasteiger partial charge in [-0.25, -0.2) is 4.98 Å². The Morgan fingerprint density at radius 3 is 2.78 bits per heavy atom. The first kappa shape index (κ1) is 14.7. The highest BCUT2D eigenvalue weighted by molar-refractivity contribution is 5.30. The van der Waals surface area contributed by atoms with Crippen LogP contribution in [0.2, 0.25) is 0 Å². The highest BCUT2D eigenvalue weighted by atomic mass is 16.3. The zero-order valence-corrected chi connectivity index (χ0v) is 11.4. The van der Waals surface area contributed by atoms with Crippen LogP contribution < -0.4 is 10.9 Å². The van der Waals surface area contributed by atoms with E-state index >= 15 is 0 Å². The number of hydrogen-bond acceptors (Lipinski definition) is 4. The van der Waals surface area contributed by atoms with Gasteiger partial charge in [0.05, 0.1) is 0 Å². The van der Waals surface area contributed by atoms with E-state index in [1.54, 1.807) is 17.0 Å². The molecular weight excluding hydrogens is 230 g/mol. The predicted molar refractivity (Wildman–Crippen MR) is 72.7 cm³/mol. The van der Waals surface area contributed by atoms with Gasteiger partial charge in [-0.3, -0.25) is 4.79 Å². The second-order valence-corrected chi connectivity index (χ2v) is 5.13. The summed E-state index contributed by atoms with van der Waals surface area (Å²) in [4.78, 5) is 16.1. The smallest absolute Gasteiger partial charge is 0.293 e. The lowest BCUT2D eigenvalue weighted by Crippen LogP contribution is -2.27. The minimum absolute atomic E-state index is 0.0811.